The molecule has 0 aromatic carbocycles. The molecular weight excluding hydrogens is 272 g/mol. The van der Waals surface area contributed by atoms with Gasteiger partial charge in [0.2, 0.25) is 0 Å². The molecule has 4 saturated carbocycles. The van der Waals surface area contributed by atoms with Crippen molar-refractivity contribution in [3.05, 3.63) is 0 Å². The summed E-state index contributed by atoms with van der Waals surface area (Å²) in [5.74, 6) is 6.63. The van der Waals surface area contributed by atoms with Crippen LogP contribution in [0.25, 0.3) is 0 Å². The van der Waals surface area contributed by atoms with Gasteiger partial charge in [0.05, 0.1) is 12.5 Å². The minimum Gasteiger partial charge on any atom is -0.465 e. The lowest BCUT2D eigenvalue weighted by atomic mass is 9.64. The quantitative estimate of drug-likeness (QED) is 0.456. The van der Waals surface area contributed by atoms with E-state index in [1.807, 2.05) is 41.5 Å². The molecule has 5 rings (SSSR count). The second-order valence-electron chi connectivity index (χ2n) is 6.87. The summed E-state index contributed by atoms with van der Waals surface area (Å²) < 4.78 is 5.32. The summed E-state index contributed by atoms with van der Waals surface area (Å²) in [6.45, 7) is 12.8. The van der Waals surface area contributed by atoms with Crippen molar-refractivity contribution in [3.8, 4) is 0 Å². The topological polar surface area (TPSA) is 26.3 Å². The fraction of sp³-hybridized carbons (Fsp3) is 0.950. The van der Waals surface area contributed by atoms with Gasteiger partial charge in [-0.25, -0.2) is 0 Å². The summed E-state index contributed by atoms with van der Waals surface area (Å²) in [7, 11) is 0. The van der Waals surface area contributed by atoms with Crippen LogP contribution in [0.3, 0.4) is 0 Å². The van der Waals surface area contributed by atoms with Gasteiger partial charge < -0.3 is 4.74 Å². The standard InChI is InChI=1S/C14H18O2.3C2H6/c15-14-13-9-4-8(10(13)5-16-14)11-6-1-2-7(3-6)12(9)11;3*1-2/h6-13H,1-5H2;3*1-2H3. The normalized spacial score (nSPS) is 48.0. The molecule has 2 nitrogen and oxygen atoms in total. The maximum absolute atomic E-state index is 11.8. The molecule has 0 spiro atoms. The van der Waals surface area contributed by atoms with Gasteiger partial charge in [-0.2, -0.15) is 0 Å². The largest absolute Gasteiger partial charge is 0.465 e. The highest BCUT2D eigenvalue weighted by molar-refractivity contribution is 5.76. The summed E-state index contributed by atoms with van der Waals surface area (Å²) in [4.78, 5) is 11.8. The van der Waals surface area contributed by atoms with Crippen LogP contribution in [-0.4, -0.2) is 12.6 Å². The van der Waals surface area contributed by atoms with E-state index < -0.39 is 0 Å². The number of esters is 1. The summed E-state index contributed by atoms with van der Waals surface area (Å²) in [6, 6.07) is 0. The number of carbonyl (C=O) groups is 1. The van der Waals surface area contributed by atoms with Crippen molar-refractivity contribution < 1.29 is 9.53 Å². The number of hydrogen-bond acceptors (Lipinski definition) is 2. The van der Waals surface area contributed by atoms with Crippen molar-refractivity contribution >= 4 is 5.97 Å². The molecule has 128 valence electrons. The highest BCUT2D eigenvalue weighted by atomic mass is 16.5. The molecule has 5 fully saturated rings. The van der Waals surface area contributed by atoms with Gasteiger partial charge in [-0.15, -0.1) is 0 Å². The van der Waals surface area contributed by atoms with Crippen LogP contribution in [0.5, 0.6) is 0 Å². The minimum absolute atomic E-state index is 0.152. The van der Waals surface area contributed by atoms with Crippen molar-refractivity contribution in [3.63, 3.8) is 0 Å². The Morgan fingerprint density at radius 3 is 1.91 bits per heavy atom. The third-order valence-corrected chi connectivity index (χ3v) is 6.74. The number of fused-ring (bicyclic) bond motifs is 12. The Hall–Kier alpha value is -0.530. The Bertz CT molecular complexity index is 378. The first-order valence-electron chi connectivity index (χ1n) is 10.0. The molecule has 0 aromatic heterocycles. The zero-order valence-corrected chi connectivity index (χ0v) is 15.5. The molecule has 0 amide bonds. The fourth-order valence-electron chi connectivity index (χ4n) is 6.56. The molecule has 4 aliphatic carbocycles. The monoisotopic (exact) mass is 308 g/mol. The van der Waals surface area contributed by atoms with Gasteiger partial charge in [0.15, 0.2) is 0 Å². The Morgan fingerprint density at radius 1 is 0.773 bits per heavy atom. The van der Waals surface area contributed by atoms with Gasteiger partial charge in [0.25, 0.3) is 0 Å². The summed E-state index contributed by atoms with van der Waals surface area (Å²) in [5, 5.41) is 0. The van der Waals surface area contributed by atoms with Crippen LogP contribution in [0, 0.1) is 47.3 Å². The smallest absolute Gasteiger partial charge is 0.309 e. The Balaban J connectivity index is 0.000000267. The van der Waals surface area contributed by atoms with Crippen LogP contribution < -0.4 is 0 Å². The average molecular weight is 309 g/mol. The first kappa shape index (κ1) is 17.8. The minimum atomic E-state index is 0.152. The molecular formula is C20H36O2. The maximum atomic E-state index is 11.8. The summed E-state index contributed by atoms with van der Waals surface area (Å²) in [5.41, 5.74) is 0. The highest BCUT2D eigenvalue weighted by Crippen LogP contribution is 2.71. The van der Waals surface area contributed by atoms with E-state index in [9.17, 15) is 4.79 Å². The van der Waals surface area contributed by atoms with E-state index in [2.05, 4.69) is 0 Å². The van der Waals surface area contributed by atoms with Crippen LogP contribution in [-0.2, 0) is 9.53 Å². The lowest BCUT2D eigenvalue weighted by Gasteiger charge is -2.38. The van der Waals surface area contributed by atoms with Gasteiger partial charge in [0, 0.05) is 5.92 Å². The Labute approximate surface area is 137 Å². The van der Waals surface area contributed by atoms with Gasteiger partial charge in [0.1, 0.15) is 0 Å². The molecule has 1 aliphatic heterocycles. The molecule has 1 saturated heterocycles. The van der Waals surface area contributed by atoms with Gasteiger partial charge >= 0.3 is 5.97 Å². The molecule has 2 heteroatoms. The molecule has 5 aliphatic rings. The maximum Gasteiger partial charge on any atom is 0.309 e. The van der Waals surface area contributed by atoms with Crippen molar-refractivity contribution in [2.24, 2.45) is 47.3 Å². The van der Waals surface area contributed by atoms with E-state index in [1.54, 1.807) is 0 Å². The third-order valence-electron chi connectivity index (χ3n) is 6.74. The van der Waals surface area contributed by atoms with Crippen molar-refractivity contribution in [2.75, 3.05) is 6.61 Å². The van der Waals surface area contributed by atoms with E-state index in [4.69, 9.17) is 4.74 Å². The van der Waals surface area contributed by atoms with E-state index in [1.165, 1.54) is 25.7 Å². The van der Waals surface area contributed by atoms with E-state index in [0.717, 1.165) is 42.1 Å². The molecule has 0 radical (unpaired) electrons. The van der Waals surface area contributed by atoms with E-state index >= 15 is 0 Å². The number of hydrogen-bond donors (Lipinski definition) is 0. The fourth-order valence-corrected chi connectivity index (χ4v) is 6.56. The van der Waals surface area contributed by atoms with Crippen LogP contribution in [0.15, 0.2) is 0 Å². The second-order valence-corrected chi connectivity index (χ2v) is 6.87. The Morgan fingerprint density at radius 2 is 1.32 bits per heavy atom. The summed E-state index contributed by atoms with van der Waals surface area (Å²) >= 11 is 0. The van der Waals surface area contributed by atoms with Crippen LogP contribution in [0.1, 0.15) is 67.2 Å². The first-order chi connectivity index (χ1) is 10.8. The number of carbonyl (C=O) groups excluding carboxylic acids is 1. The Kier molecular flexibility index (Phi) is 5.96. The predicted octanol–water partition coefficient (Wildman–Crippen LogP) is 5.17. The molecule has 0 N–H and O–H groups in total. The third kappa shape index (κ3) is 2.32. The van der Waals surface area contributed by atoms with Crippen LogP contribution in [0.2, 0.25) is 0 Å². The van der Waals surface area contributed by atoms with Crippen molar-refractivity contribution in [1.29, 1.82) is 0 Å². The molecule has 1 heterocycles. The first-order valence-corrected chi connectivity index (χ1v) is 10.0. The van der Waals surface area contributed by atoms with Gasteiger partial charge in [-0.3, -0.25) is 4.79 Å². The van der Waals surface area contributed by atoms with Crippen molar-refractivity contribution in [1.82, 2.24) is 0 Å². The SMILES string of the molecule is CC.CC.CC.O=C1OCC2C3CC(C12)C1C2CCC(C2)C31. The van der Waals surface area contributed by atoms with E-state index in [-0.39, 0.29) is 5.97 Å². The van der Waals surface area contributed by atoms with Crippen LogP contribution in [0.4, 0.5) is 0 Å². The number of ether oxygens (including phenoxy) is 1. The van der Waals surface area contributed by atoms with Gasteiger partial charge in [-0.05, 0) is 61.2 Å². The highest BCUT2D eigenvalue weighted by Gasteiger charge is 2.68. The molecule has 0 aromatic rings. The number of cyclic esters (lactones) is 1. The lowest BCUT2D eigenvalue weighted by Crippen LogP contribution is -2.38. The van der Waals surface area contributed by atoms with E-state index in [0.29, 0.717) is 11.8 Å². The number of rotatable bonds is 0. The average Bonchev–Trinajstić information content (AvgIpc) is 3.38. The lowest BCUT2D eigenvalue weighted by molar-refractivity contribution is -0.143. The molecule has 4 bridgehead atoms. The zero-order chi connectivity index (χ0) is 16.4. The molecule has 8 atom stereocenters. The van der Waals surface area contributed by atoms with Crippen LogP contribution >= 0.6 is 0 Å². The molecule has 22 heavy (non-hydrogen) atoms. The van der Waals surface area contributed by atoms with Crippen molar-refractivity contribution in [2.45, 2.75) is 67.2 Å². The second kappa shape index (κ2) is 7.36. The van der Waals surface area contributed by atoms with Gasteiger partial charge in [-0.1, -0.05) is 41.5 Å². The predicted molar refractivity (Wildman–Crippen MR) is 91.4 cm³/mol. The molecule has 8 unspecified atom stereocenters. The zero-order valence-electron chi connectivity index (χ0n) is 15.5. The summed E-state index contributed by atoms with van der Waals surface area (Å²) in [6.07, 6.45) is 5.81.